The molecule has 0 spiro atoms. The van der Waals surface area contributed by atoms with E-state index in [-0.39, 0.29) is 5.91 Å². The van der Waals surface area contributed by atoms with Crippen molar-refractivity contribution in [2.45, 2.75) is 33.2 Å². The Bertz CT molecular complexity index is 525. The van der Waals surface area contributed by atoms with Gasteiger partial charge in [0.05, 0.1) is 0 Å². The van der Waals surface area contributed by atoms with Gasteiger partial charge in [-0.3, -0.25) is 9.89 Å². The Morgan fingerprint density at radius 2 is 2.36 bits per heavy atom. The lowest BCUT2D eigenvalue weighted by molar-refractivity contribution is 0.0941. The van der Waals surface area contributed by atoms with Gasteiger partial charge >= 0.3 is 0 Å². The van der Waals surface area contributed by atoms with Crippen LogP contribution >= 0.6 is 0 Å². The molecule has 0 saturated carbocycles. The molecule has 0 bridgehead atoms. The lowest BCUT2D eigenvalue weighted by atomic mass is 10.1. The molecule has 2 aliphatic heterocycles. The molecular formula is C16H27N5O. The second-order valence-corrected chi connectivity index (χ2v) is 6.97. The number of carbonyl (C=O) groups excluding carboxylic acids is 1. The van der Waals surface area contributed by atoms with E-state index < -0.39 is 0 Å². The normalized spacial score (nSPS) is 22.0. The smallest absolute Gasteiger partial charge is 0.272 e. The summed E-state index contributed by atoms with van der Waals surface area (Å²) in [6.45, 7) is 10.3. The molecule has 6 heteroatoms. The van der Waals surface area contributed by atoms with E-state index >= 15 is 0 Å². The number of hydrogen-bond acceptors (Lipinski definition) is 4. The third-order valence-electron chi connectivity index (χ3n) is 4.57. The van der Waals surface area contributed by atoms with Crippen molar-refractivity contribution in [1.82, 2.24) is 25.7 Å². The summed E-state index contributed by atoms with van der Waals surface area (Å²) in [7, 11) is 0. The summed E-state index contributed by atoms with van der Waals surface area (Å²) in [6, 6.07) is 0. The molecule has 1 saturated heterocycles. The van der Waals surface area contributed by atoms with Crippen molar-refractivity contribution in [2.24, 2.45) is 11.8 Å². The first-order valence-corrected chi connectivity index (χ1v) is 8.41. The van der Waals surface area contributed by atoms with E-state index in [1.54, 1.807) is 0 Å². The Hall–Kier alpha value is -1.40. The lowest BCUT2D eigenvalue weighted by Gasteiger charge is -2.18. The Labute approximate surface area is 132 Å². The topological polar surface area (TPSA) is 73.0 Å². The monoisotopic (exact) mass is 305 g/mol. The van der Waals surface area contributed by atoms with Crippen LogP contribution in [0.2, 0.25) is 0 Å². The van der Waals surface area contributed by atoms with E-state index in [1.807, 2.05) is 0 Å². The van der Waals surface area contributed by atoms with Gasteiger partial charge in [-0.25, -0.2) is 0 Å². The highest BCUT2D eigenvalue weighted by Gasteiger charge is 2.25. The van der Waals surface area contributed by atoms with Gasteiger partial charge in [-0.1, -0.05) is 13.8 Å². The molecule has 1 unspecified atom stereocenters. The van der Waals surface area contributed by atoms with Crippen LogP contribution in [-0.2, 0) is 13.0 Å². The van der Waals surface area contributed by atoms with Crippen LogP contribution in [0, 0.1) is 11.8 Å². The van der Waals surface area contributed by atoms with Crippen LogP contribution in [0.5, 0.6) is 0 Å². The number of H-pyrrole nitrogens is 1. The molecule has 3 rings (SSSR count). The first-order chi connectivity index (χ1) is 10.6. The number of aromatic nitrogens is 2. The molecule has 1 aromatic heterocycles. The number of rotatable bonds is 5. The first-order valence-electron chi connectivity index (χ1n) is 8.41. The van der Waals surface area contributed by atoms with E-state index in [4.69, 9.17) is 0 Å². The van der Waals surface area contributed by atoms with Crippen molar-refractivity contribution in [3.05, 3.63) is 17.0 Å². The number of fused-ring (bicyclic) bond motifs is 1. The predicted octanol–water partition coefficient (Wildman–Crippen LogP) is 0.763. The second-order valence-electron chi connectivity index (χ2n) is 6.97. The van der Waals surface area contributed by atoms with E-state index in [0.29, 0.717) is 17.5 Å². The molecule has 0 aliphatic carbocycles. The van der Waals surface area contributed by atoms with E-state index in [9.17, 15) is 4.79 Å². The van der Waals surface area contributed by atoms with Crippen molar-refractivity contribution in [2.75, 3.05) is 32.7 Å². The highest BCUT2D eigenvalue weighted by molar-refractivity contribution is 5.94. The Balaban J connectivity index is 1.50. The quantitative estimate of drug-likeness (QED) is 0.751. The fourth-order valence-electron chi connectivity index (χ4n) is 3.50. The third kappa shape index (κ3) is 3.50. The van der Waals surface area contributed by atoms with Crippen molar-refractivity contribution in [3.63, 3.8) is 0 Å². The van der Waals surface area contributed by atoms with E-state index in [0.717, 1.165) is 56.9 Å². The molecule has 1 atom stereocenters. The third-order valence-corrected chi connectivity index (χ3v) is 4.57. The van der Waals surface area contributed by atoms with Gasteiger partial charge in [-0.05, 0) is 24.8 Å². The lowest BCUT2D eigenvalue weighted by Crippen LogP contribution is -2.33. The summed E-state index contributed by atoms with van der Waals surface area (Å²) >= 11 is 0. The van der Waals surface area contributed by atoms with Crippen LogP contribution in [0.3, 0.4) is 0 Å². The van der Waals surface area contributed by atoms with Crippen molar-refractivity contribution in [3.8, 4) is 0 Å². The molecule has 0 radical (unpaired) electrons. The largest absolute Gasteiger partial charge is 0.350 e. The Kier molecular flexibility index (Phi) is 4.78. The molecule has 3 N–H and O–H groups in total. The standard InChI is InChI=1S/C16H27N5O/c1-11(2)9-21-6-4-12(10-21)7-18-16(22)15-13-8-17-5-3-14(13)19-20-15/h11-12,17H,3-10H2,1-2H3,(H,18,22)(H,19,20). The SMILES string of the molecule is CC(C)CN1CCC(CNC(=O)c2n[nH]c3c2CNCC3)C1. The molecule has 3 heterocycles. The highest BCUT2D eigenvalue weighted by Crippen LogP contribution is 2.18. The maximum atomic E-state index is 12.4. The number of likely N-dealkylation sites (tertiary alicyclic amines) is 1. The zero-order valence-corrected chi connectivity index (χ0v) is 13.6. The summed E-state index contributed by atoms with van der Waals surface area (Å²) in [5.41, 5.74) is 2.71. The molecule has 1 fully saturated rings. The van der Waals surface area contributed by atoms with Gasteiger partial charge in [0, 0.05) is 50.4 Å². The number of carbonyl (C=O) groups is 1. The summed E-state index contributed by atoms with van der Waals surface area (Å²) in [5.74, 6) is 1.23. The van der Waals surface area contributed by atoms with Gasteiger partial charge < -0.3 is 15.5 Å². The minimum absolute atomic E-state index is 0.0384. The summed E-state index contributed by atoms with van der Waals surface area (Å²) in [4.78, 5) is 14.9. The zero-order chi connectivity index (χ0) is 15.5. The predicted molar refractivity (Wildman–Crippen MR) is 85.7 cm³/mol. The van der Waals surface area contributed by atoms with Crippen LogP contribution in [0.15, 0.2) is 0 Å². The Morgan fingerprint density at radius 3 is 3.18 bits per heavy atom. The maximum Gasteiger partial charge on any atom is 0.272 e. The van der Waals surface area contributed by atoms with Gasteiger partial charge in [0.15, 0.2) is 5.69 Å². The minimum Gasteiger partial charge on any atom is -0.350 e. The number of aromatic amines is 1. The van der Waals surface area contributed by atoms with E-state index in [1.165, 1.54) is 6.42 Å². The molecule has 0 aromatic carbocycles. The zero-order valence-electron chi connectivity index (χ0n) is 13.6. The van der Waals surface area contributed by atoms with Crippen LogP contribution in [0.1, 0.15) is 42.0 Å². The second kappa shape index (κ2) is 6.79. The van der Waals surface area contributed by atoms with E-state index in [2.05, 4.69) is 39.6 Å². The molecule has 6 nitrogen and oxygen atoms in total. The summed E-state index contributed by atoms with van der Waals surface area (Å²) in [6.07, 6.45) is 2.09. The van der Waals surface area contributed by atoms with Crippen molar-refractivity contribution < 1.29 is 4.79 Å². The average Bonchev–Trinajstić information content (AvgIpc) is 3.10. The fourth-order valence-corrected chi connectivity index (χ4v) is 3.50. The Morgan fingerprint density at radius 1 is 1.50 bits per heavy atom. The van der Waals surface area contributed by atoms with Gasteiger partial charge in [0.2, 0.25) is 0 Å². The highest BCUT2D eigenvalue weighted by atomic mass is 16.1. The van der Waals surface area contributed by atoms with Crippen LogP contribution in [-0.4, -0.2) is 53.7 Å². The van der Waals surface area contributed by atoms with Gasteiger partial charge in [-0.15, -0.1) is 0 Å². The summed E-state index contributed by atoms with van der Waals surface area (Å²) < 4.78 is 0. The van der Waals surface area contributed by atoms with Crippen molar-refractivity contribution >= 4 is 5.91 Å². The van der Waals surface area contributed by atoms with Crippen LogP contribution in [0.4, 0.5) is 0 Å². The van der Waals surface area contributed by atoms with Crippen LogP contribution < -0.4 is 10.6 Å². The average molecular weight is 305 g/mol. The number of nitrogens with one attached hydrogen (secondary N) is 3. The maximum absolute atomic E-state index is 12.4. The molecule has 22 heavy (non-hydrogen) atoms. The molecular weight excluding hydrogens is 278 g/mol. The van der Waals surface area contributed by atoms with Gasteiger partial charge in [0.1, 0.15) is 0 Å². The van der Waals surface area contributed by atoms with Gasteiger partial charge in [-0.2, -0.15) is 5.10 Å². The molecule has 1 aromatic rings. The molecule has 122 valence electrons. The minimum atomic E-state index is -0.0384. The fraction of sp³-hybridized carbons (Fsp3) is 0.750. The van der Waals surface area contributed by atoms with Gasteiger partial charge in [0.25, 0.3) is 5.91 Å². The first kappa shape index (κ1) is 15.5. The van der Waals surface area contributed by atoms with Crippen LogP contribution in [0.25, 0.3) is 0 Å². The number of amides is 1. The van der Waals surface area contributed by atoms with Crippen molar-refractivity contribution in [1.29, 1.82) is 0 Å². The molecule has 1 amide bonds. The number of hydrogen-bond donors (Lipinski definition) is 3. The summed E-state index contributed by atoms with van der Waals surface area (Å²) in [5, 5.41) is 13.6. The molecule has 2 aliphatic rings. The number of nitrogens with zero attached hydrogens (tertiary/aromatic N) is 2.